The number of nitrogen functional groups attached to an aromatic ring is 1. The number of anilines is 2. The van der Waals surface area contributed by atoms with E-state index in [1.54, 1.807) is 0 Å². The van der Waals surface area contributed by atoms with Crippen LogP contribution in [0, 0.1) is 6.92 Å². The van der Waals surface area contributed by atoms with Crippen molar-refractivity contribution in [2.45, 2.75) is 26.7 Å². The van der Waals surface area contributed by atoms with Gasteiger partial charge in [0, 0.05) is 18.0 Å². The van der Waals surface area contributed by atoms with Gasteiger partial charge in [-0.25, -0.2) is 15.8 Å². The van der Waals surface area contributed by atoms with Crippen molar-refractivity contribution in [3.8, 4) is 0 Å². The highest BCUT2D eigenvalue weighted by molar-refractivity contribution is 5.74. The number of aromatic nitrogens is 2. The number of hydrazine groups is 1. The lowest BCUT2D eigenvalue weighted by Crippen LogP contribution is -2.21. The van der Waals surface area contributed by atoms with E-state index < -0.39 is 5.91 Å². The van der Waals surface area contributed by atoms with Crippen LogP contribution in [0.5, 0.6) is 0 Å². The fraction of sp³-hybridized carbons (Fsp3) is 0.583. The predicted octanol–water partition coefficient (Wildman–Crippen LogP) is 0.108. The molecule has 1 heterocycles. The van der Waals surface area contributed by atoms with Gasteiger partial charge < -0.3 is 21.2 Å². The van der Waals surface area contributed by atoms with E-state index in [1.165, 1.54) is 0 Å². The van der Waals surface area contributed by atoms with Gasteiger partial charge in [0.25, 0.3) is 0 Å². The second-order valence-electron chi connectivity index (χ2n) is 4.65. The van der Waals surface area contributed by atoms with Gasteiger partial charge in [-0.2, -0.15) is 0 Å². The molecule has 0 aliphatic rings. The number of nitrogens with two attached hydrogens (primary N) is 2. The fourth-order valence-electron chi connectivity index (χ4n) is 1.52. The van der Waals surface area contributed by atoms with Gasteiger partial charge in [0.05, 0.1) is 6.61 Å². The Bertz CT molecular complexity index is 464. The Morgan fingerprint density at radius 1 is 1.35 bits per heavy atom. The second kappa shape index (κ2) is 7.61. The molecule has 0 saturated heterocycles. The third-order valence-corrected chi connectivity index (χ3v) is 2.60. The van der Waals surface area contributed by atoms with Gasteiger partial charge in [0.1, 0.15) is 24.1 Å². The van der Waals surface area contributed by atoms with Gasteiger partial charge in [-0.05, 0) is 6.92 Å². The van der Waals surface area contributed by atoms with Gasteiger partial charge in [0.2, 0.25) is 5.91 Å². The molecule has 1 aromatic rings. The Balaban J connectivity index is 2.68. The van der Waals surface area contributed by atoms with E-state index in [4.69, 9.17) is 16.3 Å². The summed E-state index contributed by atoms with van der Waals surface area (Å²) in [5.74, 6) is 7.14. The zero-order chi connectivity index (χ0) is 15.1. The summed E-state index contributed by atoms with van der Waals surface area (Å²) < 4.78 is 5.07. The van der Waals surface area contributed by atoms with Crippen molar-refractivity contribution in [3.05, 3.63) is 11.4 Å². The number of rotatable bonds is 8. The molecule has 0 spiro atoms. The van der Waals surface area contributed by atoms with E-state index in [-0.39, 0.29) is 12.5 Å². The van der Waals surface area contributed by atoms with Gasteiger partial charge in [-0.3, -0.25) is 4.79 Å². The SMILES string of the molecule is Cc1c(NN)nc(C(C)C)nc1NCCOCC(N)=O. The van der Waals surface area contributed by atoms with E-state index in [0.29, 0.717) is 30.6 Å². The number of nitrogens with one attached hydrogen (secondary N) is 2. The zero-order valence-electron chi connectivity index (χ0n) is 12.1. The van der Waals surface area contributed by atoms with Crippen LogP contribution in [-0.4, -0.2) is 35.6 Å². The highest BCUT2D eigenvalue weighted by Crippen LogP contribution is 2.22. The van der Waals surface area contributed by atoms with E-state index >= 15 is 0 Å². The summed E-state index contributed by atoms with van der Waals surface area (Å²) in [7, 11) is 0. The molecule has 0 aliphatic heterocycles. The second-order valence-corrected chi connectivity index (χ2v) is 4.65. The normalized spacial score (nSPS) is 10.7. The molecule has 6 N–H and O–H groups in total. The summed E-state index contributed by atoms with van der Waals surface area (Å²) in [6.45, 7) is 6.65. The molecule has 0 unspecified atom stereocenters. The first-order valence-electron chi connectivity index (χ1n) is 6.40. The predicted molar refractivity (Wildman–Crippen MR) is 77.2 cm³/mol. The number of hydrogen-bond acceptors (Lipinski definition) is 7. The van der Waals surface area contributed by atoms with Crippen LogP contribution in [0.25, 0.3) is 0 Å². The van der Waals surface area contributed by atoms with Crippen LogP contribution in [-0.2, 0) is 9.53 Å². The smallest absolute Gasteiger partial charge is 0.243 e. The third-order valence-electron chi connectivity index (χ3n) is 2.60. The largest absolute Gasteiger partial charge is 0.370 e. The molecular weight excluding hydrogens is 260 g/mol. The van der Waals surface area contributed by atoms with Crippen molar-refractivity contribution >= 4 is 17.5 Å². The Hall–Kier alpha value is -1.93. The van der Waals surface area contributed by atoms with Crippen LogP contribution in [0.2, 0.25) is 0 Å². The minimum absolute atomic E-state index is 0.0860. The molecule has 8 nitrogen and oxygen atoms in total. The van der Waals surface area contributed by atoms with Crippen LogP contribution >= 0.6 is 0 Å². The highest BCUT2D eigenvalue weighted by atomic mass is 16.5. The molecule has 0 aliphatic carbocycles. The lowest BCUT2D eigenvalue weighted by Gasteiger charge is -2.14. The summed E-state index contributed by atoms with van der Waals surface area (Å²) in [6.07, 6.45) is 0. The summed E-state index contributed by atoms with van der Waals surface area (Å²) in [5.41, 5.74) is 8.36. The zero-order valence-corrected chi connectivity index (χ0v) is 12.1. The lowest BCUT2D eigenvalue weighted by atomic mass is 10.2. The minimum Gasteiger partial charge on any atom is -0.370 e. The maximum atomic E-state index is 10.5. The van der Waals surface area contributed by atoms with Crippen molar-refractivity contribution in [1.29, 1.82) is 0 Å². The Kier molecular flexibility index (Phi) is 6.13. The van der Waals surface area contributed by atoms with E-state index in [0.717, 1.165) is 5.56 Å². The van der Waals surface area contributed by atoms with E-state index in [1.807, 2.05) is 20.8 Å². The molecule has 112 valence electrons. The monoisotopic (exact) mass is 282 g/mol. The number of hydrogen-bond donors (Lipinski definition) is 4. The van der Waals surface area contributed by atoms with Crippen LogP contribution in [0.3, 0.4) is 0 Å². The summed E-state index contributed by atoms with van der Waals surface area (Å²) in [5, 5.41) is 3.13. The van der Waals surface area contributed by atoms with Gasteiger partial charge in [-0.1, -0.05) is 13.8 Å². The molecular formula is C12H22N6O2. The van der Waals surface area contributed by atoms with Crippen LogP contribution < -0.4 is 22.3 Å². The molecule has 0 aromatic carbocycles. The first-order valence-corrected chi connectivity index (χ1v) is 6.40. The Morgan fingerprint density at radius 3 is 2.55 bits per heavy atom. The fourth-order valence-corrected chi connectivity index (χ4v) is 1.52. The average molecular weight is 282 g/mol. The third kappa shape index (κ3) is 4.63. The molecule has 0 atom stereocenters. The molecule has 1 aromatic heterocycles. The summed E-state index contributed by atoms with van der Waals surface area (Å²) >= 11 is 0. The molecule has 1 rings (SSSR count). The van der Waals surface area contributed by atoms with Crippen molar-refractivity contribution in [1.82, 2.24) is 9.97 Å². The van der Waals surface area contributed by atoms with Crippen molar-refractivity contribution < 1.29 is 9.53 Å². The maximum Gasteiger partial charge on any atom is 0.243 e. The molecule has 0 radical (unpaired) electrons. The summed E-state index contributed by atoms with van der Waals surface area (Å²) in [4.78, 5) is 19.3. The van der Waals surface area contributed by atoms with Crippen molar-refractivity contribution in [2.24, 2.45) is 11.6 Å². The summed E-state index contributed by atoms with van der Waals surface area (Å²) in [6, 6.07) is 0. The topological polar surface area (TPSA) is 128 Å². The molecule has 0 saturated carbocycles. The standard InChI is InChI=1S/C12H22N6O2/c1-7(2)10-16-11(8(3)12(17-10)18-14)15-4-5-20-6-9(13)19/h7H,4-6,14H2,1-3H3,(H2,13,19)(H2,15,16,17,18). The number of carbonyl (C=O) groups is 1. The van der Waals surface area contributed by atoms with Gasteiger partial charge in [0.15, 0.2) is 0 Å². The van der Waals surface area contributed by atoms with E-state index in [9.17, 15) is 4.79 Å². The Morgan fingerprint density at radius 2 is 2.00 bits per heavy atom. The van der Waals surface area contributed by atoms with Crippen LogP contribution in [0.4, 0.5) is 11.6 Å². The Labute approximate surface area is 118 Å². The molecule has 1 amide bonds. The van der Waals surface area contributed by atoms with Crippen molar-refractivity contribution in [2.75, 3.05) is 30.5 Å². The van der Waals surface area contributed by atoms with E-state index in [2.05, 4.69) is 20.7 Å². The molecule has 0 bridgehead atoms. The average Bonchev–Trinajstić information content (AvgIpc) is 2.39. The highest BCUT2D eigenvalue weighted by Gasteiger charge is 2.12. The molecule has 0 fully saturated rings. The van der Waals surface area contributed by atoms with Gasteiger partial charge in [-0.15, -0.1) is 0 Å². The molecule has 8 heteroatoms. The number of ether oxygens (including phenoxy) is 1. The first-order chi connectivity index (χ1) is 9.45. The minimum atomic E-state index is -0.486. The molecule has 20 heavy (non-hydrogen) atoms. The quantitative estimate of drug-likeness (QED) is 0.302. The number of carbonyl (C=O) groups excluding carboxylic acids is 1. The van der Waals surface area contributed by atoms with Gasteiger partial charge >= 0.3 is 0 Å². The number of nitrogens with zero attached hydrogens (tertiary/aromatic N) is 2. The van der Waals surface area contributed by atoms with Crippen molar-refractivity contribution in [3.63, 3.8) is 0 Å². The number of primary amides is 1. The lowest BCUT2D eigenvalue weighted by molar-refractivity contribution is -0.122. The first kappa shape index (κ1) is 16.1. The van der Waals surface area contributed by atoms with Crippen LogP contribution in [0.1, 0.15) is 31.2 Å². The van der Waals surface area contributed by atoms with Crippen LogP contribution in [0.15, 0.2) is 0 Å². The number of amides is 1. The maximum absolute atomic E-state index is 10.5.